The molecule has 88 valence electrons. The summed E-state index contributed by atoms with van der Waals surface area (Å²) in [5.74, 6) is -1.95. The zero-order valence-electron chi connectivity index (χ0n) is 8.57. The fraction of sp³-hybridized carbons (Fsp3) is 0.0909. The molecule has 2 N–H and O–H groups in total. The molecule has 1 aliphatic heterocycles. The summed E-state index contributed by atoms with van der Waals surface area (Å²) in [5, 5.41) is 12.0. The van der Waals surface area contributed by atoms with Crippen LogP contribution >= 0.6 is 11.6 Å². The summed E-state index contributed by atoms with van der Waals surface area (Å²) in [5.41, 5.74) is 0.0996. The number of para-hydroxylation sites is 1. The van der Waals surface area contributed by atoms with Crippen molar-refractivity contribution >= 4 is 29.0 Å². The maximum atomic E-state index is 11.3. The molecule has 1 heterocycles. The first-order valence-corrected chi connectivity index (χ1v) is 5.12. The van der Waals surface area contributed by atoms with Crippen LogP contribution in [-0.2, 0) is 14.3 Å². The highest BCUT2D eigenvalue weighted by Gasteiger charge is 2.31. The monoisotopic (exact) mass is 253 g/mol. The Kier molecular flexibility index (Phi) is 3.01. The van der Waals surface area contributed by atoms with Gasteiger partial charge in [-0.1, -0.05) is 23.7 Å². The van der Waals surface area contributed by atoms with Crippen LogP contribution in [0.5, 0.6) is 0 Å². The summed E-state index contributed by atoms with van der Waals surface area (Å²) < 4.78 is 4.98. The van der Waals surface area contributed by atoms with Crippen molar-refractivity contribution in [3.63, 3.8) is 0 Å². The van der Waals surface area contributed by atoms with E-state index in [1.165, 1.54) is 0 Å². The van der Waals surface area contributed by atoms with E-state index in [4.69, 9.17) is 21.4 Å². The predicted molar refractivity (Wildman–Crippen MR) is 60.7 cm³/mol. The third-order valence-electron chi connectivity index (χ3n) is 2.19. The molecule has 2 rings (SSSR count). The zero-order chi connectivity index (χ0) is 12.4. The third kappa shape index (κ3) is 2.24. The summed E-state index contributed by atoms with van der Waals surface area (Å²) in [6, 6.07) is 6.76. The summed E-state index contributed by atoms with van der Waals surface area (Å²) in [6.07, 6.45) is 0. The number of anilines is 1. The maximum Gasteiger partial charge on any atom is 0.344 e. The van der Waals surface area contributed by atoms with Crippen LogP contribution in [0.1, 0.15) is 0 Å². The highest BCUT2D eigenvalue weighted by Crippen LogP contribution is 2.25. The van der Waals surface area contributed by atoms with Crippen molar-refractivity contribution in [2.75, 3.05) is 11.9 Å². The fourth-order valence-corrected chi connectivity index (χ4v) is 1.59. The molecular weight excluding hydrogens is 246 g/mol. The number of carboxylic acids is 1. The van der Waals surface area contributed by atoms with Crippen molar-refractivity contribution in [1.82, 2.24) is 0 Å². The molecule has 6 heteroatoms. The standard InChI is InChI=1S/C11H8ClNO4/c12-6-3-1-2-4-7(6)13-10-9(11(15)16)8(14)5-17-10/h1-4,13H,5H2,(H,15,16). The van der Waals surface area contributed by atoms with Crippen LogP contribution in [0.25, 0.3) is 0 Å². The Balaban J connectivity index is 2.33. The fourth-order valence-electron chi connectivity index (χ4n) is 1.41. The van der Waals surface area contributed by atoms with Crippen LogP contribution < -0.4 is 5.32 Å². The molecule has 0 saturated heterocycles. The quantitative estimate of drug-likeness (QED) is 0.801. The van der Waals surface area contributed by atoms with E-state index >= 15 is 0 Å². The highest BCUT2D eigenvalue weighted by atomic mass is 35.5. The van der Waals surface area contributed by atoms with Gasteiger partial charge in [-0.15, -0.1) is 0 Å². The normalized spacial score (nSPS) is 14.8. The molecule has 5 nitrogen and oxygen atoms in total. The number of benzene rings is 1. The van der Waals surface area contributed by atoms with Gasteiger partial charge in [-0.2, -0.15) is 0 Å². The van der Waals surface area contributed by atoms with E-state index in [2.05, 4.69) is 5.32 Å². The molecule has 1 aromatic carbocycles. The van der Waals surface area contributed by atoms with Gasteiger partial charge in [0.15, 0.2) is 12.2 Å². The van der Waals surface area contributed by atoms with Crippen LogP contribution in [0.15, 0.2) is 35.7 Å². The first-order valence-electron chi connectivity index (χ1n) is 4.74. The van der Waals surface area contributed by atoms with E-state index < -0.39 is 11.8 Å². The molecule has 0 unspecified atom stereocenters. The molecule has 1 aromatic rings. The largest absolute Gasteiger partial charge is 0.477 e. The van der Waals surface area contributed by atoms with Gasteiger partial charge in [-0.25, -0.2) is 4.79 Å². The van der Waals surface area contributed by atoms with Gasteiger partial charge in [0, 0.05) is 0 Å². The van der Waals surface area contributed by atoms with E-state index in [-0.39, 0.29) is 18.1 Å². The van der Waals surface area contributed by atoms with Crippen LogP contribution in [0, 0.1) is 0 Å². The van der Waals surface area contributed by atoms with Crippen molar-refractivity contribution in [2.45, 2.75) is 0 Å². The van der Waals surface area contributed by atoms with E-state index in [0.29, 0.717) is 10.7 Å². The Morgan fingerprint density at radius 2 is 2.12 bits per heavy atom. The lowest BCUT2D eigenvalue weighted by Gasteiger charge is -2.08. The molecule has 0 aromatic heterocycles. The second-order valence-corrected chi connectivity index (χ2v) is 3.73. The Morgan fingerprint density at radius 3 is 2.76 bits per heavy atom. The predicted octanol–water partition coefficient (Wildman–Crippen LogP) is 1.65. The van der Waals surface area contributed by atoms with Crippen molar-refractivity contribution in [3.8, 4) is 0 Å². The number of Topliss-reactive ketones (excluding diaryl/α,β-unsaturated/α-hetero) is 1. The Morgan fingerprint density at radius 1 is 1.41 bits per heavy atom. The average Bonchev–Trinajstić information content (AvgIpc) is 2.63. The molecular formula is C11H8ClNO4. The lowest BCUT2D eigenvalue weighted by Crippen LogP contribution is -2.12. The number of aliphatic carboxylic acids is 1. The number of nitrogens with one attached hydrogen (secondary N) is 1. The van der Waals surface area contributed by atoms with Gasteiger partial charge < -0.3 is 15.2 Å². The van der Waals surface area contributed by atoms with E-state index in [9.17, 15) is 9.59 Å². The number of carbonyl (C=O) groups is 2. The summed E-state index contributed by atoms with van der Waals surface area (Å²) >= 11 is 5.89. The molecule has 0 bridgehead atoms. The molecule has 0 fully saturated rings. The maximum absolute atomic E-state index is 11.3. The average molecular weight is 254 g/mol. The van der Waals surface area contributed by atoms with Crippen molar-refractivity contribution in [2.24, 2.45) is 0 Å². The Labute approximate surface area is 102 Å². The van der Waals surface area contributed by atoms with Gasteiger partial charge in [0.25, 0.3) is 0 Å². The van der Waals surface area contributed by atoms with Crippen LogP contribution in [-0.4, -0.2) is 23.5 Å². The molecule has 0 radical (unpaired) electrons. The topological polar surface area (TPSA) is 75.6 Å². The van der Waals surface area contributed by atoms with Crippen LogP contribution in [0.2, 0.25) is 5.02 Å². The first-order chi connectivity index (χ1) is 8.09. The minimum atomic E-state index is -1.32. The second kappa shape index (κ2) is 4.47. The van der Waals surface area contributed by atoms with Crippen molar-refractivity contribution in [3.05, 3.63) is 40.7 Å². The van der Waals surface area contributed by atoms with Crippen molar-refractivity contribution in [1.29, 1.82) is 0 Å². The van der Waals surface area contributed by atoms with Crippen LogP contribution in [0.3, 0.4) is 0 Å². The number of rotatable bonds is 3. The number of halogens is 1. The first kappa shape index (κ1) is 11.5. The Hall–Kier alpha value is -2.01. The summed E-state index contributed by atoms with van der Waals surface area (Å²) in [7, 11) is 0. The smallest absolute Gasteiger partial charge is 0.344 e. The molecule has 17 heavy (non-hydrogen) atoms. The van der Waals surface area contributed by atoms with Gasteiger partial charge in [0.05, 0.1) is 10.7 Å². The van der Waals surface area contributed by atoms with E-state index in [1.54, 1.807) is 24.3 Å². The highest BCUT2D eigenvalue weighted by molar-refractivity contribution is 6.33. The lowest BCUT2D eigenvalue weighted by molar-refractivity contribution is -0.134. The molecule has 0 aliphatic carbocycles. The number of hydrogen-bond donors (Lipinski definition) is 2. The minimum absolute atomic E-state index is 0.0735. The number of carbonyl (C=O) groups excluding carboxylic acids is 1. The second-order valence-electron chi connectivity index (χ2n) is 3.33. The van der Waals surface area contributed by atoms with Crippen molar-refractivity contribution < 1.29 is 19.4 Å². The molecule has 0 saturated carbocycles. The minimum Gasteiger partial charge on any atom is -0.477 e. The molecule has 0 amide bonds. The summed E-state index contributed by atoms with van der Waals surface area (Å²) in [4.78, 5) is 22.1. The summed E-state index contributed by atoms with van der Waals surface area (Å²) in [6.45, 7) is -0.269. The van der Waals surface area contributed by atoms with Gasteiger partial charge in [-0.05, 0) is 12.1 Å². The third-order valence-corrected chi connectivity index (χ3v) is 2.52. The number of ketones is 1. The van der Waals surface area contributed by atoms with Gasteiger partial charge in [0.1, 0.15) is 0 Å². The van der Waals surface area contributed by atoms with E-state index in [0.717, 1.165) is 0 Å². The molecule has 0 atom stereocenters. The van der Waals surface area contributed by atoms with Gasteiger partial charge >= 0.3 is 5.97 Å². The Bertz CT molecular complexity index is 524. The number of ether oxygens (including phenoxy) is 1. The van der Waals surface area contributed by atoms with Gasteiger partial charge in [0.2, 0.25) is 11.7 Å². The number of carboxylic acid groups (broad SMARTS) is 1. The van der Waals surface area contributed by atoms with Gasteiger partial charge in [-0.3, -0.25) is 4.79 Å². The number of hydrogen-bond acceptors (Lipinski definition) is 4. The molecule has 1 aliphatic rings. The van der Waals surface area contributed by atoms with Crippen LogP contribution in [0.4, 0.5) is 5.69 Å². The zero-order valence-corrected chi connectivity index (χ0v) is 9.32. The SMILES string of the molecule is O=C(O)C1=C(Nc2ccccc2Cl)OCC1=O. The van der Waals surface area contributed by atoms with E-state index in [1.807, 2.05) is 0 Å². The lowest BCUT2D eigenvalue weighted by atomic mass is 10.2. The molecule has 0 spiro atoms.